The van der Waals surface area contributed by atoms with E-state index in [1.54, 1.807) is 26.6 Å². The fraction of sp³-hybridized carbons (Fsp3) is 0.286. The maximum absolute atomic E-state index is 5.57. The van der Waals surface area contributed by atoms with Crippen molar-refractivity contribution in [3.05, 3.63) is 72.2 Å². The number of methoxy groups -OCH3 is 2. The van der Waals surface area contributed by atoms with E-state index in [0.717, 1.165) is 81.9 Å². The summed E-state index contributed by atoms with van der Waals surface area (Å²) in [6.45, 7) is 7.75. The SMILES string of the molecule is COc1cc(OC)cc(N(CCCn2c(C)cnc2C)c2ccc3ncc(-c4cn[nH]c4C)nc3c2)c1. The van der Waals surface area contributed by atoms with Crippen LogP contribution in [0, 0.1) is 20.8 Å². The molecule has 3 aromatic heterocycles. The third kappa shape index (κ3) is 4.97. The van der Waals surface area contributed by atoms with Crippen LogP contribution in [0.4, 0.5) is 11.4 Å². The second-order valence-electron chi connectivity index (χ2n) is 9.01. The molecule has 0 radical (unpaired) electrons. The molecule has 0 saturated carbocycles. The van der Waals surface area contributed by atoms with Crippen LogP contribution >= 0.6 is 0 Å². The van der Waals surface area contributed by atoms with E-state index in [1.165, 1.54) is 0 Å². The molecule has 2 aromatic carbocycles. The number of hydrogen-bond acceptors (Lipinski definition) is 7. The van der Waals surface area contributed by atoms with Gasteiger partial charge < -0.3 is 18.9 Å². The van der Waals surface area contributed by atoms with Crippen molar-refractivity contribution < 1.29 is 9.47 Å². The summed E-state index contributed by atoms with van der Waals surface area (Å²) in [6, 6.07) is 12.1. The summed E-state index contributed by atoms with van der Waals surface area (Å²) in [5, 5.41) is 7.11. The van der Waals surface area contributed by atoms with E-state index < -0.39 is 0 Å². The largest absolute Gasteiger partial charge is 0.497 e. The van der Waals surface area contributed by atoms with Crippen molar-refractivity contribution in [2.75, 3.05) is 25.7 Å². The topological polar surface area (TPSA) is 94.0 Å². The first-order chi connectivity index (χ1) is 18.0. The zero-order valence-corrected chi connectivity index (χ0v) is 21.8. The molecule has 0 aliphatic carbocycles. The van der Waals surface area contributed by atoms with Crippen molar-refractivity contribution in [3.63, 3.8) is 0 Å². The molecule has 190 valence electrons. The Bertz CT molecular complexity index is 1500. The second-order valence-corrected chi connectivity index (χ2v) is 9.01. The minimum absolute atomic E-state index is 0.735. The number of nitrogens with zero attached hydrogens (tertiary/aromatic N) is 6. The fourth-order valence-corrected chi connectivity index (χ4v) is 4.57. The second kappa shape index (κ2) is 10.3. The quantitative estimate of drug-likeness (QED) is 0.292. The van der Waals surface area contributed by atoms with Crippen LogP contribution in [0.2, 0.25) is 0 Å². The van der Waals surface area contributed by atoms with Crippen molar-refractivity contribution in [1.29, 1.82) is 0 Å². The van der Waals surface area contributed by atoms with Crippen LogP contribution in [-0.4, -0.2) is 50.5 Å². The first kappa shape index (κ1) is 24.3. The molecule has 0 saturated heterocycles. The number of aromatic nitrogens is 6. The minimum atomic E-state index is 0.735. The standard InChI is InChI=1S/C28H31N7O2/c1-18-15-29-20(3)34(18)9-6-10-35(22-11-23(36-4)14-24(12-22)37-5)21-7-8-26-27(13-21)32-28(17-30-26)25-16-31-33-19(25)2/h7-8,11-17H,6,9-10H2,1-5H3,(H,31,33). The van der Waals surface area contributed by atoms with Gasteiger partial charge in [-0.3, -0.25) is 10.1 Å². The summed E-state index contributed by atoms with van der Waals surface area (Å²) in [6.07, 6.45) is 6.40. The molecule has 0 atom stereocenters. The molecule has 9 nitrogen and oxygen atoms in total. The number of nitrogens with one attached hydrogen (secondary N) is 1. The lowest BCUT2D eigenvalue weighted by Crippen LogP contribution is -2.20. The first-order valence-corrected chi connectivity index (χ1v) is 12.2. The van der Waals surface area contributed by atoms with Crippen LogP contribution in [0.1, 0.15) is 23.6 Å². The van der Waals surface area contributed by atoms with Crippen molar-refractivity contribution in [1.82, 2.24) is 29.7 Å². The minimum Gasteiger partial charge on any atom is -0.497 e. The summed E-state index contributed by atoms with van der Waals surface area (Å²) in [5.41, 5.74) is 7.49. The highest BCUT2D eigenvalue weighted by Crippen LogP contribution is 2.34. The van der Waals surface area contributed by atoms with E-state index in [1.807, 2.05) is 44.3 Å². The molecule has 5 aromatic rings. The number of aromatic amines is 1. The molecule has 1 N–H and O–H groups in total. The number of imidazole rings is 1. The van der Waals surface area contributed by atoms with Crippen LogP contribution in [0.5, 0.6) is 11.5 Å². The van der Waals surface area contributed by atoms with Crippen LogP contribution in [0.3, 0.4) is 0 Å². The van der Waals surface area contributed by atoms with Gasteiger partial charge >= 0.3 is 0 Å². The maximum Gasteiger partial charge on any atom is 0.124 e. The highest BCUT2D eigenvalue weighted by atomic mass is 16.5. The normalized spacial score (nSPS) is 11.2. The molecule has 3 heterocycles. The molecule has 0 bridgehead atoms. The van der Waals surface area contributed by atoms with Gasteiger partial charge in [0, 0.05) is 65.8 Å². The van der Waals surface area contributed by atoms with Crippen molar-refractivity contribution in [2.24, 2.45) is 0 Å². The number of rotatable bonds is 9. The zero-order chi connectivity index (χ0) is 25.9. The molecule has 0 unspecified atom stereocenters. The Hall–Kier alpha value is -4.40. The number of fused-ring (bicyclic) bond motifs is 1. The van der Waals surface area contributed by atoms with Crippen molar-refractivity contribution >= 4 is 22.4 Å². The van der Waals surface area contributed by atoms with Crippen LogP contribution < -0.4 is 14.4 Å². The third-order valence-electron chi connectivity index (χ3n) is 6.61. The molecule has 0 fully saturated rings. The van der Waals surface area contributed by atoms with E-state index in [4.69, 9.17) is 14.5 Å². The third-order valence-corrected chi connectivity index (χ3v) is 6.61. The average Bonchev–Trinajstić information content (AvgIpc) is 3.49. The van der Waals surface area contributed by atoms with Gasteiger partial charge in [0.05, 0.1) is 43.3 Å². The molecular weight excluding hydrogens is 466 g/mol. The van der Waals surface area contributed by atoms with Crippen LogP contribution in [0.25, 0.3) is 22.3 Å². The molecule has 0 amide bonds. The summed E-state index contributed by atoms with van der Waals surface area (Å²) in [7, 11) is 3.33. The summed E-state index contributed by atoms with van der Waals surface area (Å²) >= 11 is 0. The van der Waals surface area contributed by atoms with Crippen LogP contribution in [0.15, 0.2) is 55.0 Å². The predicted molar refractivity (Wildman–Crippen MR) is 145 cm³/mol. The summed E-state index contributed by atoms with van der Waals surface area (Å²) < 4.78 is 13.4. The van der Waals surface area contributed by atoms with Gasteiger partial charge in [-0.25, -0.2) is 9.97 Å². The summed E-state index contributed by atoms with van der Waals surface area (Å²) in [4.78, 5) is 16.3. The van der Waals surface area contributed by atoms with Gasteiger partial charge in [-0.05, 0) is 45.4 Å². The molecule has 9 heteroatoms. The molecule has 0 spiro atoms. The lowest BCUT2D eigenvalue weighted by molar-refractivity contribution is 0.394. The lowest BCUT2D eigenvalue weighted by Gasteiger charge is -2.26. The number of ether oxygens (including phenoxy) is 2. The number of benzene rings is 2. The lowest BCUT2D eigenvalue weighted by atomic mass is 10.1. The monoisotopic (exact) mass is 497 g/mol. The Morgan fingerprint density at radius 3 is 2.30 bits per heavy atom. The number of hydrogen-bond donors (Lipinski definition) is 1. The number of H-pyrrole nitrogens is 1. The van der Waals surface area contributed by atoms with E-state index in [9.17, 15) is 0 Å². The zero-order valence-electron chi connectivity index (χ0n) is 21.8. The summed E-state index contributed by atoms with van der Waals surface area (Å²) in [5.74, 6) is 2.49. The Labute approximate surface area is 216 Å². The first-order valence-electron chi connectivity index (χ1n) is 12.2. The highest BCUT2D eigenvalue weighted by Gasteiger charge is 2.15. The molecule has 0 aliphatic rings. The smallest absolute Gasteiger partial charge is 0.124 e. The van der Waals surface area contributed by atoms with Gasteiger partial charge in [-0.2, -0.15) is 5.10 Å². The van der Waals surface area contributed by atoms with Gasteiger partial charge in [0.1, 0.15) is 17.3 Å². The Balaban J connectivity index is 1.53. The highest BCUT2D eigenvalue weighted by molar-refractivity contribution is 5.83. The molecule has 0 aliphatic heterocycles. The van der Waals surface area contributed by atoms with Gasteiger partial charge in [0.2, 0.25) is 0 Å². The van der Waals surface area contributed by atoms with E-state index in [2.05, 4.69) is 48.7 Å². The molecular formula is C28H31N7O2. The van der Waals surface area contributed by atoms with E-state index in [0.29, 0.717) is 0 Å². The molecule has 37 heavy (non-hydrogen) atoms. The Kier molecular flexibility index (Phi) is 6.76. The fourth-order valence-electron chi connectivity index (χ4n) is 4.57. The number of anilines is 2. The molecule has 5 rings (SSSR count). The van der Waals surface area contributed by atoms with Crippen molar-refractivity contribution in [2.45, 2.75) is 33.7 Å². The maximum atomic E-state index is 5.57. The van der Waals surface area contributed by atoms with Crippen LogP contribution in [-0.2, 0) is 6.54 Å². The predicted octanol–water partition coefficient (Wildman–Crippen LogP) is 5.39. The Morgan fingerprint density at radius 2 is 1.65 bits per heavy atom. The van der Waals surface area contributed by atoms with Gasteiger partial charge in [0.15, 0.2) is 0 Å². The average molecular weight is 498 g/mol. The van der Waals surface area contributed by atoms with Gasteiger partial charge in [-0.1, -0.05) is 0 Å². The number of aryl methyl sites for hydroxylation is 3. The van der Waals surface area contributed by atoms with Crippen molar-refractivity contribution in [3.8, 4) is 22.8 Å². The van der Waals surface area contributed by atoms with Gasteiger partial charge in [0.25, 0.3) is 0 Å². The van der Waals surface area contributed by atoms with E-state index >= 15 is 0 Å². The Morgan fingerprint density at radius 1 is 0.865 bits per heavy atom. The van der Waals surface area contributed by atoms with E-state index in [-0.39, 0.29) is 0 Å². The van der Waals surface area contributed by atoms with Gasteiger partial charge in [-0.15, -0.1) is 0 Å².